The van der Waals surface area contributed by atoms with Crippen molar-refractivity contribution in [1.82, 2.24) is 14.7 Å². The third-order valence-electron chi connectivity index (χ3n) is 8.10. The minimum absolute atomic E-state index is 0.169. The average molecular weight is 542 g/mol. The van der Waals surface area contributed by atoms with Gasteiger partial charge in [0, 0.05) is 36.2 Å². The summed E-state index contributed by atoms with van der Waals surface area (Å²) in [4.78, 5) is 38.8. The Bertz CT molecular complexity index is 1390. The van der Waals surface area contributed by atoms with E-state index in [1.165, 1.54) is 12.5 Å². The van der Waals surface area contributed by atoms with Gasteiger partial charge in [-0.25, -0.2) is 9.48 Å². The molecule has 0 saturated carbocycles. The number of nitrogens with one attached hydrogen (secondary N) is 2. The van der Waals surface area contributed by atoms with Gasteiger partial charge in [0.05, 0.1) is 11.4 Å². The monoisotopic (exact) mass is 541 g/mol. The van der Waals surface area contributed by atoms with Gasteiger partial charge in [0.25, 0.3) is 5.91 Å². The Labute approximate surface area is 236 Å². The molecule has 2 aromatic carbocycles. The first kappa shape index (κ1) is 27.6. The second kappa shape index (κ2) is 10.9. The summed E-state index contributed by atoms with van der Waals surface area (Å²) >= 11 is 0. The number of carbonyl (C=O) groups is 3. The first-order chi connectivity index (χ1) is 19.0. The van der Waals surface area contributed by atoms with Crippen molar-refractivity contribution >= 4 is 29.2 Å². The van der Waals surface area contributed by atoms with Crippen molar-refractivity contribution in [2.45, 2.75) is 84.2 Å². The Morgan fingerprint density at radius 2 is 1.55 bits per heavy atom. The molecule has 8 nitrogen and oxygen atoms in total. The Morgan fingerprint density at radius 1 is 0.925 bits per heavy atom. The molecule has 2 fully saturated rings. The zero-order chi connectivity index (χ0) is 28.6. The summed E-state index contributed by atoms with van der Waals surface area (Å²) < 4.78 is 1.77. The number of carbonyl (C=O) groups excluding carboxylic acids is 3. The highest BCUT2D eigenvalue weighted by molar-refractivity contribution is 6.35. The molecule has 2 aliphatic heterocycles. The van der Waals surface area contributed by atoms with Crippen molar-refractivity contribution in [3.8, 4) is 5.69 Å². The van der Waals surface area contributed by atoms with E-state index in [2.05, 4.69) is 43.5 Å². The Morgan fingerprint density at radius 3 is 2.12 bits per heavy atom. The number of nitrogens with zero attached hydrogens (tertiary/aromatic N) is 3. The molecular formula is C32H39N5O3. The van der Waals surface area contributed by atoms with E-state index >= 15 is 0 Å². The van der Waals surface area contributed by atoms with Gasteiger partial charge in [-0.15, -0.1) is 0 Å². The minimum atomic E-state index is -0.364. The van der Waals surface area contributed by atoms with Gasteiger partial charge < -0.3 is 10.2 Å². The van der Waals surface area contributed by atoms with E-state index in [0.29, 0.717) is 17.4 Å². The van der Waals surface area contributed by atoms with Gasteiger partial charge in [-0.05, 0) is 74.8 Å². The highest BCUT2D eigenvalue weighted by Gasteiger charge is 2.43. The maximum Gasteiger partial charge on any atom is 0.324 e. The molecule has 40 heavy (non-hydrogen) atoms. The lowest BCUT2D eigenvalue weighted by atomic mass is 9.85. The smallest absolute Gasteiger partial charge is 0.324 e. The lowest BCUT2D eigenvalue weighted by Crippen LogP contribution is -2.49. The molecule has 5 rings (SSSR count). The third kappa shape index (κ3) is 5.96. The molecule has 0 spiro atoms. The fraction of sp³-hybridized carbons (Fsp3) is 0.438. The molecule has 3 amide bonds. The molecule has 2 bridgehead atoms. The summed E-state index contributed by atoms with van der Waals surface area (Å²) in [7, 11) is 0. The molecule has 3 heterocycles. The standard InChI is InChI=1S/C32H39N5O3/c1-20-6-12-25(13-7-20)37-29(19-28(35-37)32(3,4)5)34-31(40)33-24-10-8-22(9-11-24)16-23-17-26-14-15-27(18-23)36(26)30(39)21(2)38/h6-13,19,23,26-27H,14-18H2,1-5H3,(H2,33,34,40). The molecule has 0 aliphatic carbocycles. The van der Waals surface area contributed by atoms with Crippen LogP contribution in [0.25, 0.3) is 5.69 Å². The van der Waals surface area contributed by atoms with E-state index in [4.69, 9.17) is 5.10 Å². The van der Waals surface area contributed by atoms with E-state index in [1.807, 2.05) is 54.3 Å². The normalized spacial score (nSPS) is 20.3. The lowest BCUT2D eigenvalue weighted by Gasteiger charge is -2.38. The van der Waals surface area contributed by atoms with Crippen LogP contribution in [0.2, 0.25) is 0 Å². The molecule has 2 aliphatic rings. The Kier molecular flexibility index (Phi) is 7.53. The molecule has 1 aromatic heterocycles. The molecule has 2 saturated heterocycles. The van der Waals surface area contributed by atoms with E-state index in [-0.39, 0.29) is 35.2 Å². The number of aromatic nitrogens is 2. The summed E-state index contributed by atoms with van der Waals surface area (Å²) in [6.07, 6.45) is 4.76. The van der Waals surface area contributed by atoms with Crippen molar-refractivity contribution in [2.24, 2.45) is 5.92 Å². The van der Waals surface area contributed by atoms with Crippen LogP contribution in [0.1, 0.15) is 70.2 Å². The van der Waals surface area contributed by atoms with E-state index in [9.17, 15) is 14.4 Å². The Hall–Kier alpha value is -3.94. The predicted molar refractivity (Wildman–Crippen MR) is 157 cm³/mol. The fourth-order valence-electron chi connectivity index (χ4n) is 6.03. The summed E-state index contributed by atoms with van der Waals surface area (Å²) in [5.41, 5.74) is 4.67. The van der Waals surface area contributed by atoms with Gasteiger partial charge in [-0.3, -0.25) is 14.9 Å². The largest absolute Gasteiger partial charge is 0.330 e. The van der Waals surface area contributed by atoms with Crippen LogP contribution in [-0.4, -0.2) is 44.5 Å². The van der Waals surface area contributed by atoms with Crippen molar-refractivity contribution in [3.05, 3.63) is 71.4 Å². The van der Waals surface area contributed by atoms with E-state index < -0.39 is 0 Å². The van der Waals surface area contributed by atoms with Gasteiger partial charge in [-0.2, -0.15) is 5.10 Å². The van der Waals surface area contributed by atoms with Gasteiger partial charge in [0.2, 0.25) is 5.78 Å². The quantitative estimate of drug-likeness (QED) is 0.373. The molecular weight excluding hydrogens is 502 g/mol. The van der Waals surface area contributed by atoms with Crippen LogP contribution in [-0.2, 0) is 21.4 Å². The molecule has 210 valence electrons. The van der Waals surface area contributed by atoms with Crippen LogP contribution in [0.15, 0.2) is 54.6 Å². The highest BCUT2D eigenvalue weighted by atomic mass is 16.2. The lowest BCUT2D eigenvalue weighted by molar-refractivity contribution is -0.147. The van der Waals surface area contributed by atoms with Crippen LogP contribution in [0, 0.1) is 12.8 Å². The first-order valence-corrected chi connectivity index (χ1v) is 14.2. The van der Waals surface area contributed by atoms with Gasteiger partial charge in [-0.1, -0.05) is 50.6 Å². The molecule has 3 aromatic rings. The number of Topliss-reactive ketones (excluding diaryl/α,β-unsaturated/α-hetero) is 1. The fourth-order valence-corrected chi connectivity index (χ4v) is 6.03. The van der Waals surface area contributed by atoms with Gasteiger partial charge >= 0.3 is 6.03 Å². The molecule has 2 N–H and O–H groups in total. The van der Waals surface area contributed by atoms with Crippen molar-refractivity contribution in [3.63, 3.8) is 0 Å². The Balaban J connectivity index is 1.21. The summed E-state index contributed by atoms with van der Waals surface area (Å²) in [5.74, 6) is 0.398. The molecule has 2 unspecified atom stereocenters. The number of rotatable bonds is 6. The first-order valence-electron chi connectivity index (χ1n) is 14.2. The van der Waals surface area contributed by atoms with Crippen LogP contribution in [0.3, 0.4) is 0 Å². The number of aryl methyl sites for hydroxylation is 1. The summed E-state index contributed by atoms with van der Waals surface area (Å²) in [6, 6.07) is 17.9. The van der Waals surface area contributed by atoms with Gasteiger partial charge in [0.15, 0.2) is 0 Å². The third-order valence-corrected chi connectivity index (χ3v) is 8.10. The number of hydrogen-bond acceptors (Lipinski definition) is 4. The van der Waals surface area contributed by atoms with Crippen molar-refractivity contribution in [2.75, 3.05) is 10.6 Å². The highest BCUT2D eigenvalue weighted by Crippen LogP contribution is 2.40. The molecule has 0 radical (unpaired) electrons. The van der Waals surface area contributed by atoms with E-state index in [1.54, 1.807) is 4.68 Å². The molecule has 2 atom stereocenters. The van der Waals surface area contributed by atoms with Crippen molar-refractivity contribution < 1.29 is 14.4 Å². The SMILES string of the molecule is CC(=O)C(=O)N1C2CCC1CC(Cc1ccc(NC(=O)Nc3cc(C(C)(C)C)nn3-c3ccc(C)cc3)cc1)C2. The predicted octanol–water partition coefficient (Wildman–Crippen LogP) is 6.02. The maximum atomic E-state index is 13.0. The average Bonchev–Trinajstić information content (AvgIpc) is 3.43. The maximum absolute atomic E-state index is 13.0. The van der Waals surface area contributed by atoms with Crippen molar-refractivity contribution in [1.29, 1.82) is 0 Å². The summed E-state index contributed by atoms with van der Waals surface area (Å²) in [5, 5.41) is 10.7. The van der Waals surface area contributed by atoms with Gasteiger partial charge in [0.1, 0.15) is 5.82 Å². The number of urea groups is 1. The number of anilines is 2. The number of fused-ring (bicyclic) bond motifs is 2. The topological polar surface area (TPSA) is 96.3 Å². The van der Waals surface area contributed by atoms with Crippen LogP contribution < -0.4 is 10.6 Å². The van der Waals surface area contributed by atoms with Crippen LogP contribution >= 0.6 is 0 Å². The second-order valence-electron chi connectivity index (χ2n) is 12.4. The number of hydrogen-bond donors (Lipinski definition) is 2. The number of benzene rings is 2. The number of amides is 3. The molecule has 8 heteroatoms. The van der Waals surface area contributed by atoms with Crippen LogP contribution in [0.5, 0.6) is 0 Å². The summed E-state index contributed by atoms with van der Waals surface area (Å²) in [6.45, 7) is 9.70. The van der Waals surface area contributed by atoms with E-state index in [0.717, 1.165) is 49.0 Å². The second-order valence-corrected chi connectivity index (χ2v) is 12.4. The van der Waals surface area contributed by atoms with Crippen LogP contribution in [0.4, 0.5) is 16.3 Å². The number of piperidine rings is 1. The number of ketones is 1. The minimum Gasteiger partial charge on any atom is -0.330 e. The zero-order valence-electron chi connectivity index (χ0n) is 24.0. The zero-order valence-corrected chi connectivity index (χ0v) is 24.0.